The van der Waals surface area contributed by atoms with Crippen molar-refractivity contribution >= 4 is 22.6 Å². The van der Waals surface area contributed by atoms with Crippen molar-refractivity contribution in [3.05, 3.63) is 58.7 Å². The number of ether oxygens (including phenoxy) is 1. The number of nitrogens with two attached hydrogens (primary N) is 1. The zero-order valence-electron chi connectivity index (χ0n) is 17.7. The van der Waals surface area contributed by atoms with Gasteiger partial charge < -0.3 is 10.5 Å². The van der Waals surface area contributed by atoms with Crippen LogP contribution in [-0.4, -0.2) is 39.5 Å². The van der Waals surface area contributed by atoms with E-state index in [1.807, 2.05) is 6.07 Å². The molecule has 0 aromatic carbocycles. The minimum atomic E-state index is -4.56. The zero-order valence-corrected chi connectivity index (χ0v) is 17.7. The molecule has 172 valence electrons. The molecule has 1 aliphatic carbocycles. The lowest BCUT2D eigenvalue weighted by Crippen LogP contribution is -2.46. The van der Waals surface area contributed by atoms with E-state index in [2.05, 4.69) is 20.4 Å². The van der Waals surface area contributed by atoms with E-state index in [0.29, 0.717) is 22.8 Å². The van der Waals surface area contributed by atoms with Crippen molar-refractivity contribution in [3.63, 3.8) is 0 Å². The van der Waals surface area contributed by atoms with Crippen molar-refractivity contribution in [2.75, 3.05) is 19.4 Å². The Morgan fingerprint density at radius 1 is 1.21 bits per heavy atom. The lowest BCUT2D eigenvalue weighted by atomic mass is 10.0. The van der Waals surface area contributed by atoms with Crippen LogP contribution < -0.4 is 11.2 Å². The van der Waals surface area contributed by atoms with Crippen LogP contribution in [0.5, 0.6) is 0 Å². The molecule has 2 aliphatic rings. The molecule has 1 amide bonds. The number of hydrazine groups is 1. The third kappa shape index (κ3) is 3.98. The van der Waals surface area contributed by atoms with Crippen LogP contribution in [0.1, 0.15) is 57.8 Å². The summed E-state index contributed by atoms with van der Waals surface area (Å²) in [5.74, 6) is 0.419. The van der Waals surface area contributed by atoms with E-state index in [-0.39, 0.29) is 24.6 Å². The van der Waals surface area contributed by atoms with Gasteiger partial charge >= 0.3 is 6.18 Å². The summed E-state index contributed by atoms with van der Waals surface area (Å²) in [6, 6.07) is 5.18. The Hall–Kier alpha value is -3.31. The summed E-state index contributed by atoms with van der Waals surface area (Å²) in [6.45, 7) is 0.0386. The van der Waals surface area contributed by atoms with Gasteiger partial charge in [-0.25, -0.2) is 20.4 Å². The fourth-order valence-electron chi connectivity index (χ4n) is 4.13. The number of fused-ring (bicyclic) bond motifs is 2. The molecule has 3 aromatic heterocycles. The summed E-state index contributed by atoms with van der Waals surface area (Å²) in [5, 5.41) is 2.05. The molecule has 0 saturated heterocycles. The van der Waals surface area contributed by atoms with Gasteiger partial charge in [0, 0.05) is 18.0 Å². The maximum absolute atomic E-state index is 13.4. The van der Waals surface area contributed by atoms with Gasteiger partial charge in [-0.2, -0.15) is 13.2 Å². The van der Waals surface area contributed by atoms with E-state index in [9.17, 15) is 18.0 Å². The van der Waals surface area contributed by atoms with Gasteiger partial charge in [-0.1, -0.05) is 6.07 Å². The van der Waals surface area contributed by atoms with Crippen LogP contribution in [0, 0.1) is 0 Å². The van der Waals surface area contributed by atoms with E-state index in [0.717, 1.165) is 29.9 Å². The number of nitrogen functional groups attached to an aromatic ring is 1. The van der Waals surface area contributed by atoms with Crippen molar-refractivity contribution in [3.8, 4) is 0 Å². The quantitative estimate of drug-likeness (QED) is 0.578. The van der Waals surface area contributed by atoms with Crippen LogP contribution in [-0.2, 0) is 17.5 Å². The minimum Gasteiger partial charge on any atom is -0.383 e. The van der Waals surface area contributed by atoms with Crippen molar-refractivity contribution in [1.82, 2.24) is 25.4 Å². The second kappa shape index (κ2) is 7.92. The molecule has 0 bridgehead atoms. The first-order valence-electron chi connectivity index (χ1n) is 10.5. The second-order valence-corrected chi connectivity index (χ2v) is 8.16. The maximum Gasteiger partial charge on any atom is 0.433 e. The number of hydrogen-bond acceptors (Lipinski definition) is 7. The molecule has 5 rings (SSSR count). The van der Waals surface area contributed by atoms with Gasteiger partial charge in [0.1, 0.15) is 17.2 Å². The summed E-state index contributed by atoms with van der Waals surface area (Å²) in [6.07, 6.45) is -0.946. The molecule has 1 aliphatic heterocycles. The molecule has 8 nitrogen and oxygen atoms in total. The molecule has 4 heterocycles. The third-order valence-corrected chi connectivity index (χ3v) is 5.94. The molecule has 1 saturated carbocycles. The smallest absolute Gasteiger partial charge is 0.383 e. The first kappa shape index (κ1) is 21.5. The SMILES string of the molecule is CNN(C(=O)c1cc2cc(C3CC3)c(N)nc2cn1)C1COCc2nc(C(F)(F)F)ccc21. The van der Waals surface area contributed by atoms with Crippen LogP contribution in [0.2, 0.25) is 0 Å². The topological polar surface area (TPSA) is 106 Å². The monoisotopic (exact) mass is 458 g/mol. The second-order valence-electron chi connectivity index (χ2n) is 8.16. The molecule has 11 heteroatoms. The summed E-state index contributed by atoms with van der Waals surface area (Å²) in [7, 11) is 1.55. The van der Waals surface area contributed by atoms with Crippen molar-refractivity contribution in [1.29, 1.82) is 0 Å². The summed E-state index contributed by atoms with van der Waals surface area (Å²) in [4.78, 5) is 25.7. The number of aromatic nitrogens is 3. The van der Waals surface area contributed by atoms with Gasteiger partial charge in [0.15, 0.2) is 0 Å². The highest BCUT2D eigenvalue weighted by molar-refractivity contribution is 5.96. The van der Waals surface area contributed by atoms with Crippen molar-refractivity contribution < 1.29 is 22.7 Å². The van der Waals surface area contributed by atoms with Gasteiger partial charge in [0.25, 0.3) is 5.91 Å². The number of nitrogens with zero attached hydrogens (tertiary/aromatic N) is 4. The minimum absolute atomic E-state index is 0.0627. The molecule has 1 atom stereocenters. The Bertz CT molecular complexity index is 1240. The number of carbonyl (C=O) groups excluding carboxylic acids is 1. The maximum atomic E-state index is 13.4. The van der Waals surface area contributed by atoms with E-state index in [4.69, 9.17) is 10.5 Å². The number of nitrogens with one attached hydrogen (secondary N) is 1. The number of rotatable bonds is 4. The van der Waals surface area contributed by atoms with Crippen LogP contribution in [0.15, 0.2) is 30.5 Å². The largest absolute Gasteiger partial charge is 0.433 e. The van der Waals surface area contributed by atoms with Crippen LogP contribution in [0.4, 0.5) is 19.0 Å². The molecular weight excluding hydrogens is 437 g/mol. The average molecular weight is 458 g/mol. The normalized spacial score (nSPS) is 18.2. The number of amides is 1. The van der Waals surface area contributed by atoms with Crippen molar-refractivity contribution in [2.24, 2.45) is 0 Å². The van der Waals surface area contributed by atoms with Gasteiger partial charge in [-0.05, 0) is 42.5 Å². The first-order chi connectivity index (χ1) is 15.8. The third-order valence-electron chi connectivity index (χ3n) is 5.94. The van der Waals surface area contributed by atoms with Crippen molar-refractivity contribution in [2.45, 2.75) is 37.6 Å². The lowest BCUT2D eigenvalue weighted by Gasteiger charge is -2.34. The molecule has 0 spiro atoms. The highest BCUT2D eigenvalue weighted by Crippen LogP contribution is 2.43. The fourth-order valence-corrected chi connectivity index (χ4v) is 4.13. The number of hydrogen-bond donors (Lipinski definition) is 2. The molecule has 3 N–H and O–H groups in total. The van der Waals surface area contributed by atoms with E-state index in [1.165, 1.54) is 17.3 Å². The highest BCUT2D eigenvalue weighted by Gasteiger charge is 2.36. The van der Waals surface area contributed by atoms with E-state index < -0.39 is 23.8 Å². The Labute approximate surface area is 186 Å². The van der Waals surface area contributed by atoms with E-state index >= 15 is 0 Å². The summed E-state index contributed by atoms with van der Waals surface area (Å²) < 4.78 is 44.7. The number of carbonyl (C=O) groups is 1. The highest BCUT2D eigenvalue weighted by atomic mass is 19.4. The summed E-state index contributed by atoms with van der Waals surface area (Å²) >= 11 is 0. The Morgan fingerprint density at radius 2 is 2.00 bits per heavy atom. The number of alkyl halides is 3. The fraction of sp³-hybridized carbons (Fsp3) is 0.364. The zero-order chi connectivity index (χ0) is 23.3. The predicted octanol–water partition coefficient (Wildman–Crippen LogP) is 3.35. The van der Waals surface area contributed by atoms with Gasteiger partial charge in [-0.15, -0.1) is 0 Å². The molecule has 33 heavy (non-hydrogen) atoms. The lowest BCUT2D eigenvalue weighted by molar-refractivity contribution is -0.141. The van der Waals surface area contributed by atoms with Gasteiger partial charge in [0.05, 0.1) is 36.7 Å². The molecule has 3 aromatic rings. The van der Waals surface area contributed by atoms with E-state index in [1.54, 1.807) is 13.1 Å². The van der Waals surface area contributed by atoms with Crippen LogP contribution in [0.3, 0.4) is 0 Å². The van der Waals surface area contributed by atoms with Crippen LogP contribution >= 0.6 is 0 Å². The average Bonchev–Trinajstić information content (AvgIpc) is 3.63. The standard InChI is InChI=1S/C22H21F3N6O2/c1-27-31(18-10-33-9-17-13(18)4-5-19(29-17)22(23,24)25)21(32)15-7-12-6-14(11-2-3-11)20(26)30-16(12)8-28-15/h4-8,11,18,27H,2-3,9-10H2,1H3,(H2,26,30). The first-order valence-corrected chi connectivity index (χ1v) is 10.5. The molecule has 1 fully saturated rings. The number of halogens is 3. The molecule has 0 radical (unpaired) electrons. The van der Waals surface area contributed by atoms with Crippen LogP contribution in [0.25, 0.3) is 10.9 Å². The Balaban J connectivity index is 1.48. The molecular formula is C22H21F3N6O2. The predicted molar refractivity (Wildman–Crippen MR) is 113 cm³/mol. The summed E-state index contributed by atoms with van der Waals surface area (Å²) in [5.41, 5.74) is 10.2. The van der Waals surface area contributed by atoms with Gasteiger partial charge in [0.2, 0.25) is 0 Å². The Kier molecular flexibility index (Phi) is 5.17. The molecule has 1 unspecified atom stereocenters. The van der Waals surface area contributed by atoms with Gasteiger partial charge in [-0.3, -0.25) is 9.80 Å². The number of pyridine rings is 3. The number of anilines is 1. The Morgan fingerprint density at radius 3 is 2.70 bits per heavy atom.